The first-order valence-corrected chi connectivity index (χ1v) is 8.67. The maximum Gasteiger partial charge on any atom is 0.273 e. The molecule has 2 aromatic rings. The van der Waals surface area contributed by atoms with Gasteiger partial charge in [-0.25, -0.2) is 9.37 Å². The van der Waals surface area contributed by atoms with Gasteiger partial charge in [0.25, 0.3) is 5.91 Å². The average molecular weight is 333 g/mol. The molecule has 1 aromatic carbocycles. The van der Waals surface area contributed by atoms with Gasteiger partial charge in [0, 0.05) is 24.9 Å². The normalized spacial score (nSPS) is 17.7. The molecule has 2 heterocycles. The van der Waals surface area contributed by atoms with E-state index < -0.39 is 0 Å². The molecule has 0 saturated carbocycles. The minimum atomic E-state index is -0.231. The van der Waals surface area contributed by atoms with Crippen LogP contribution in [0.2, 0.25) is 0 Å². The standard InChI is InChI=1S/C17H20FN3OS/c1-19-9-12-6-7-21(10-12)17(22)15-11-23-16(20-15)8-13-4-2-3-5-14(13)18/h2-5,11-12,19H,6-10H2,1H3. The Balaban J connectivity index is 1.65. The number of rotatable bonds is 5. The molecule has 1 unspecified atom stereocenters. The van der Waals surface area contributed by atoms with Crippen LogP contribution < -0.4 is 5.32 Å². The number of benzene rings is 1. The molecule has 1 atom stereocenters. The Bertz CT molecular complexity index is 688. The molecule has 1 saturated heterocycles. The Labute approximate surface area is 139 Å². The van der Waals surface area contributed by atoms with E-state index in [-0.39, 0.29) is 11.7 Å². The van der Waals surface area contributed by atoms with Gasteiger partial charge in [-0.2, -0.15) is 0 Å². The van der Waals surface area contributed by atoms with Crippen LogP contribution in [0.1, 0.15) is 27.5 Å². The van der Waals surface area contributed by atoms with Gasteiger partial charge < -0.3 is 10.2 Å². The highest BCUT2D eigenvalue weighted by molar-refractivity contribution is 7.09. The third-order valence-electron chi connectivity index (χ3n) is 4.14. The zero-order valence-corrected chi connectivity index (χ0v) is 13.9. The minimum absolute atomic E-state index is 0.0142. The molecule has 6 heteroatoms. The lowest BCUT2D eigenvalue weighted by Crippen LogP contribution is -2.30. The number of carbonyl (C=O) groups is 1. The van der Waals surface area contributed by atoms with E-state index in [9.17, 15) is 9.18 Å². The van der Waals surface area contributed by atoms with Gasteiger partial charge in [-0.3, -0.25) is 4.79 Å². The molecule has 0 spiro atoms. The molecule has 23 heavy (non-hydrogen) atoms. The predicted octanol–water partition coefficient (Wildman–Crippen LogP) is 2.55. The number of thiazole rings is 1. The monoisotopic (exact) mass is 333 g/mol. The molecule has 1 aromatic heterocycles. The fourth-order valence-electron chi connectivity index (χ4n) is 2.93. The summed E-state index contributed by atoms with van der Waals surface area (Å²) in [6.45, 7) is 2.49. The van der Waals surface area contributed by atoms with Crippen LogP contribution in [0.25, 0.3) is 0 Å². The third kappa shape index (κ3) is 3.76. The molecule has 1 aliphatic heterocycles. The summed E-state index contributed by atoms with van der Waals surface area (Å²) in [6.07, 6.45) is 1.45. The van der Waals surface area contributed by atoms with Crippen molar-refractivity contribution in [1.29, 1.82) is 0 Å². The SMILES string of the molecule is CNCC1CCN(C(=O)c2csc(Cc3ccccc3F)n2)C1. The first-order chi connectivity index (χ1) is 11.2. The summed E-state index contributed by atoms with van der Waals surface area (Å²) in [6, 6.07) is 6.68. The van der Waals surface area contributed by atoms with Gasteiger partial charge in [0.1, 0.15) is 11.5 Å². The molecule has 0 radical (unpaired) electrons. The highest BCUT2D eigenvalue weighted by atomic mass is 32.1. The lowest BCUT2D eigenvalue weighted by Gasteiger charge is -2.15. The number of aromatic nitrogens is 1. The number of nitrogens with one attached hydrogen (secondary N) is 1. The van der Waals surface area contributed by atoms with Crippen molar-refractivity contribution >= 4 is 17.2 Å². The highest BCUT2D eigenvalue weighted by Gasteiger charge is 2.27. The molecule has 1 amide bonds. The number of halogens is 1. The molecule has 4 nitrogen and oxygen atoms in total. The van der Waals surface area contributed by atoms with Crippen molar-refractivity contribution in [3.63, 3.8) is 0 Å². The number of hydrogen-bond acceptors (Lipinski definition) is 4. The number of carbonyl (C=O) groups excluding carboxylic acids is 1. The number of hydrogen-bond donors (Lipinski definition) is 1. The van der Waals surface area contributed by atoms with Gasteiger partial charge in [-0.05, 0) is 37.6 Å². The number of likely N-dealkylation sites (tertiary alicyclic amines) is 1. The molecule has 1 aliphatic rings. The summed E-state index contributed by atoms with van der Waals surface area (Å²) in [5, 5.41) is 5.71. The first-order valence-electron chi connectivity index (χ1n) is 7.79. The zero-order chi connectivity index (χ0) is 16.2. The van der Waals surface area contributed by atoms with Crippen molar-refractivity contribution in [2.24, 2.45) is 5.92 Å². The van der Waals surface area contributed by atoms with E-state index in [0.29, 0.717) is 23.6 Å². The Morgan fingerprint density at radius 3 is 3.09 bits per heavy atom. The second kappa shape index (κ2) is 7.19. The van der Waals surface area contributed by atoms with Crippen LogP contribution in [-0.2, 0) is 6.42 Å². The van der Waals surface area contributed by atoms with Gasteiger partial charge in [-0.15, -0.1) is 11.3 Å². The van der Waals surface area contributed by atoms with Gasteiger partial charge in [0.2, 0.25) is 0 Å². The summed E-state index contributed by atoms with van der Waals surface area (Å²) >= 11 is 1.41. The van der Waals surface area contributed by atoms with Crippen molar-refractivity contribution in [3.05, 3.63) is 51.7 Å². The molecule has 0 bridgehead atoms. The second-order valence-corrected chi connectivity index (χ2v) is 6.80. The zero-order valence-electron chi connectivity index (χ0n) is 13.1. The summed E-state index contributed by atoms with van der Waals surface area (Å²) in [5.74, 6) is 0.269. The molecule has 122 valence electrons. The van der Waals surface area contributed by atoms with Crippen molar-refractivity contribution in [2.45, 2.75) is 12.8 Å². The second-order valence-electron chi connectivity index (χ2n) is 5.86. The molecule has 1 N–H and O–H groups in total. The van der Waals surface area contributed by atoms with E-state index in [1.165, 1.54) is 17.4 Å². The van der Waals surface area contributed by atoms with Gasteiger partial charge in [0.15, 0.2) is 0 Å². The number of nitrogens with zero attached hydrogens (tertiary/aromatic N) is 2. The summed E-state index contributed by atoms with van der Waals surface area (Å²) in [7, 11) is 1.93. The molecule has 1 fully saturated rings. The van der Waals surface area contributed by atoms with E-state index in [2.05, 4.69) is 10.3 Å². The van der Waals surface area contributed by atoms with Crippen LogP contribution in [0.4, 0.5) is 4.39 Å². The molecule has 0 aliphatic carbocycles. The minimum Gasteiger partial charge on any atom is -0.337 e. The summed E-state index contributed by atoms with van der Waals surface area (Å²) in [4.78, 5) is 18.8. The lowest BCUT2D eigenvalue weighted by atomic mass is 10.1. The van der Waals surface area contributed by atoms with Crippen molar-refractivity contribution in [1.82, 2.24) is 15.2 Å². The van der Waals surface area contributed by atoms with Crippen molar-refractivity contribution in [2.75, 3.05) is 26.7 Å². The Morgan fingerprint density at radius 2 is 2.30 bits per heavy atom. The lowest BCUT2D eigenvalue weighted by molar-refractivity contribution is 0.0782. The van der Waals surface area contributed by atoms with E-state index in [0.717, 1.165) is 31.1 Å². The fraction of sp³-hybridized carbons (Fsp3) is 0.412. The molecular weight excluding hydrogens is 313 g/mol. The van der Waals surface area contributed by atoms with Crippen LogP contribution in [0, 0.1) is 11.7 Å². The maximum absolute atomic E-state index is 13.7. The largest absolute Gasteiger partial charge is 0.337 e. The highest BCUT2D eigenvalue weighted by Crippen LogP contribution is 2.21. The van der Waals surface area contributed by atoms with Gasteiger partial charge in [-0.1, -0.05) is 18.2 Å². The Kier molecular flexibility index (Phi) is 5.03. The average Bonchev–Trinajstić information content (AvgIpc) is 3.19. The van der Waals surface area contributed by atoms with Crippen LogP contribution in [0.15, 0.2) is 29.6 Å². The predicted molar refractivity (Wildman–Crippen MR) is 89.3 cm³/mol. The van der Waals surface area contributed by atoms with Crippen molar-refractivity contribution < 1.29 is 9.18 Å². The van der Waals surface area contributed by atoms with Gasteiger partial charge >= 0.3 is 0 Å². The molecular formula is C17H20FN3OS. The van der Waals surface area contributed by atoms with Crippen LogP contribution >= 0.6 is 11.3 Å². The number of amides is 1. The van der Waals surface area contributed by atoms with Crippen LogP contribution in [-0.4, -0.2) is 42.5 Å². The van der Waals surface area contributed by atoms with E-state index in [4.69, 9.17) is 0 Å². The van der Waals surface area contributed by atoms with Crippen molar-refractivity contribution in [3.8, 4) is 0 Å². The fourth-order valence-corrected chi connectivity index (χ4v) is 3.72. The third-order valence-corrected chi connectivity index (χ3v) is 4.99. The van der Waals surface area contributed by atoms with E-state index in [1.54, 1.807) is 17.5 Å². The molecule has 3 rings (SSSR count). The first kappa shape index (κ1) is 16.1. The Hall–Kier alpha value is -1.79. The van der Waals surface area contributed by atoms with E-state index in [1.807, 2.05) is 18.0 Å². The van der Waals surface area contributed by atoms with Crippen LogP contribution in [0.5, 0.6) is 0 Å². The van der Waals surface area contributed by atoms with E-state index >= 15 is 0 Å². The summed E-state index contributed by atoms with van der Waals surface area (Å²) in [5.41, 5.74) is 1.09. The quantitative estimate of drug-likeness (QED) is 0.915. The Morgan fingerprint density at radius 1 is 1.48 bits per heavy atom. The maximum atomic E-state index is 13.7. The van der Waals surface area contributed by atoms with Crippen LogP contribution in [0.3, 0.4) is 0 Å². The smallest absolute Gasteiger partial charge is 0.273 e. The topological polar surface area (TPSA) is 45.2 Å². The summed E-state index contributed by atoms with van der Waals surface area (Å²) < 4.78 is 13.7. The van der Waals surface area contributed by atoms with Gasteiger partial charge in [0.05, 0.1) is 5.01 Å².